The molecule has 0 fully saturated rings. The van der Waals surface area contributed by atoms with Crippen LogP contribution in [0.1, 0.15) is 16.7 Å². The van der Waals surface area contributed by atoms with Crippen LogP contribution in [0, 0.1) is 36.5 Å². The van der Waals surface area contributed by atoms with Gasteiger partial charge in [0, 0.05) is 0 Å². The van der Waals surface area contributed by atoms with E-state index in [-0.39, 0.29) is 15.8 Å². The summed E-state index contributed by atoms with van der Waals surface area (Å²) in [6.45, 7) is 3.96. The first kappa shape index (κ1) is 19.2. The number of rotatable bonds is 3. The molecule has 5 nitrogen and oxygen atoms in total. The van der Waals surface area contributed by atoms with Gasteiger partial charge in [0.15, 0.2) is 5.57 Å². The Morgan fingerprint density at radius 1 is 1.14 bits per heavy atom. The maximum Gasteiger partial charge on any atom is 0.273 e. The second-order valence-corrected chi connectivity index (χ2v) is 7.22. The van der Waals surface area contributed by atoms with E-state index in [1.54, 1.807) is 30.3 Å². The molecule has 0 radical (unpaired) electrons. The summed E-state index contributed by atoms with van der Waals surface area (Å²) in [6, 6.07) is 16.8. The van der Waals surface area contributed by atoms with Crippen LogP contribution in [0.5, 0.6) is 5.75 Å². The van der Waals surface area contributed by atoms with Gasteiger partial charge in [0.2, 0.25) is 0 Å². The van der Waals surface area contributed by atoms with Gasteiger partial charge in [-0.2, -0.15) is 10.5 Å². The van der Waals surface area contributed by atoms with Crippen LogP contribution in [0.2, 0.25) is 0 Å². The molecule has 6 heteroatoms. The fraction of sp³-hybridized carbons (Fsp3) is 0.136. The van der Waals surface area contributed by atoms with E-state index in [0.717, 1.165) is 28.0 Å². The van der Waals surface area contributed by atoms with Gasteiger partial charge in [0.1, 0.15) is 22.6 Å². The maximum atomic E-state index is 13.2. The zero-order chi connectivity index (χ0) is 20.3. The highest BCUT2D eigenvalue weighted by atomic mass is 32.1. The van der Waals surface area contributed by atoms with Crippen molar-refractivity contribution in [2.45, 2.75) is 13.8 Å². The van der Waals surface area contributed by atoms with E-state index in [0.29, 0.717) is 16.0 Å². The van der Waals surface area contributed by atoms with E-state index in [9.17, 15) is 15.3 Å². The first-order valence-corrected chi connectivity index (χ1v) is 9.30. The fourth-order valence-corrected chi connectivity index (χ4v) is 3.90. The molecule has 0 aliphatic carbocycles. The Hall–Kier alpha value is -3.61. The molecule has 0 saturated carbocycles. The van der Waals surface area contributed by atoms with Crippen molar-refractivity contribution >= 4 is 23.0 Å². The number of aromatic nitrogens is 1. The molecular weight excluding hydrogens is 370 g/mol. The predicted molar refractivity (Wildman–Crippen MR) is 110 cm³/mol. The highest BCUT2D eigenvalue weighted by Crippen LogP contribution is 2.19. The third-order valence-electron chi connectivity index (χ3n) is 4.31. The molecular formula is C22H17N3O2S. The monoisotopic (exact) mass is 387 g/mol. The third kappa shape index (κ3) is 3.46. The minimum atomic E-state index is -0.298. The number of nitriles is 2. The van der Waals surface area contributed by atoms with E-state index in [1.165, 1.54) is 11.7 Å². The molecule has 0 N–H and O–H groups in total. The van der Waals surface area contributed by atoms with Gasteiger partial charge >= 0.3 is 0 Å². The largest absolute Gasteiger partial charge is 0.495 e. The van der Waals surface area contributed by atoms with Crippen LogP contribution < -0.4 is 19.5 Å². The number of thiazole rings is 1. The number of benzene rings is 2. The van der Waals surface area contributed by atoms with Crippen molar-refractivity contribution in [3.8, 4) is 23.6 Å². The van der Waals surface area contributed by atoms with Gasteiger partial charge in [-0.25, -0.2) is 0 Å². The highest BCUT2D eigenvalue weighted by molar-refractivity contribution is 7.07. The molecule has 0 aliphatic heterocycles. The van der Waals surface area contributed by atoms with Crippen LogP contribution in [-0.2, 0) is 0 Å². The number of aryl methyl sites for hydroxylation is 2. The summed E-state index contributed by atoms with van der Waals surface area (Å²) in [5.74, 6) is 0.483. The average Bonchev–Trinajstić information content (AvgIpc) is 3.01. The Labute approximate surface area is 166 Å². The number of ether oxygens (including phenoxy) is 1. The Balaban J connectivity index is 2.46. The van der Waals surface area contributed by atoms with Crippen LogP contribution in [-0.4, -0.2) is 11.7 Å². The number of hydrogen-bond donors (Lipinski definition) is 0. The van der Waals surface area contributed by atoms with E-state index in [4.69, 9.17) is 4.74 Å². The van der Waals surface area contributed by atoms with Gasteiger partial charge in [0.05, 0.1) is 17.3 Å². The van der Waals surface area contributed by atoms with Gasteiger partial charge in [-0.1, -0.05) is 35.9 Å². The lowest BCUT2D eigenvalue weighted by Crippen LogP contribution is -2.31. The quantitative estimate of drug-likeness (QED) is 0.692. The first-order valence-electron chi connectivity index (χ1n) is 8.49. The van der Waals surface area contributed by atoms with Gasteiger partial charge in [-0.3, -0.25) is 9.36 Å². The Bertz CT molecular complexity index is 1300. The van der Waals surface area contributed by atoms with Crippen LogP contribution >= 0.6 is 11.3 Å². The summed E-state index contributed by atoms with van der Waals surface area (Å²) in [5.41, 5.74) is 3.12. The lowest BCUT2D eigenvalue weighted by Gasteiger charge is -2.08. The third-order valence-corrected chi connectivity index (χ3v) is 5.40. The lowest BCUT2D eigenvalue weighted by molar-refractivity contribution is 0.412. The number of para-hydroxylation sites is 2. The van der Waals surface area contributed by atoms with Crippen molar-refractivity contribution in [1.29, 1.82) is 10.5 Å². The summed E-state index contributed by atoms with van der Waals surface area (Å²) in [6.07, 6.45) is 1.80. The molecule has 0 bridgehead atoms. The van der Waals surface area contributed by atoms with Gasteiger partial charge < -0.3 is 4.74 Å². The molecule has 0 atom stereocenters. The Kier molecular flexibility index (Phi) is 5.44. The van der Waals surface area contributed by atoms with Gasteiger partial charge in [-0.15, -0.1) is 11.3 Å². The van der Waals surface area contributed by atoms with Crippen molar-refractivity contribution in [3.05, 3.63) is 78.7 Å². The van der Waals surface area contributed by atoms with E-state index < -0.39 is 0 Å². The van der Waals surface area contributed by atoms with Crippen LogP contribution in [0.15, 0.2) is 47.3 Å². The standard InChI is InChI=1S/C22H17N3O2S/c1-14-8-9-15(2)16(10-14)11-20-21(26)25(22(28-20)17(12-23)13-24)18-6-4-5-7-19(18)27-3/h4-11H,1-3H3/b20-11+. The lowest BCUT2D eigenvalue weighted by atomic mass is 10.1. The number of nitrogens with zero attached hydrogens (tertiary/aromatic N) is 3. The molecule has 0 unspecified atom stereocenters. The second kappa shape index (κ2) is 7.96. The molecule has 28 heavy (non-hydrogen) atoms. The molecule has 0 saturated heterocycles. The molecule has 0 amide bonds. The van der Waals surface area contributed by atoms with Crippen molar-refractivity contribution in [2.75, 3.05) is 7.11 Å². The Morgan fingerprint density at radius 3 is 2.54 bits per heavy atom. The zero-order valence-corrected chi connectivity index (χ0v) is 16.5. The maximum absolute atomic E-state index is 13.2. The van der Waals surface area contributed by atoms with E-state index >= 15 is 0 Å². The molecule has 2 aromatic carbocycles. The summed E-state index contributed by atoms with van der Waals surface area (Å²) < 4.78 is 7.49. The fourth-order valence-electron chi connectivity index (χ4n) is 2.86. The molecule has 138 valence electrons. The van der Waals surface area contributed by atoms with Crippen LogP contribution in [0.3, 0.4) is 0 Å². The van der Waals surface area contributed by atoms with E-state index in [1.807, 2.05) is 44.2 Å². The summed E-state index contributed by atoms with van der Waals surface area (Å²) >= 11 is 1.12. The summed E-state index contributed by atoms with van der Waals surface area (Å²) in [5, 5.41) is 18.8. The molecule has 1 aromatic heterocycles. The number of methoxy groups -OCH3 is 1. The Morgan fingerprint density at radius 2 is 1.86 bits per heavy atom. The van der Waals surface area contributed by atoms with Crippen LogP contribution in [0.25, 0.3) is 17.3 Å². The zero-order valence-electron chi connectivity index (χ0n) is 15.7. The van der Waals surface area contributed by atoms with Gasteiger partial charge in [-0.05, 0) is 43.2 Å². The SMILES string of the molecule is COc1ccccc1-n1c(=C(C#N)C#N)s/c(=C/c2cc(C)ccc2C)c1=O. The summed E-state index contributed by atoms with van der Waals surface area (Å²) in [4.78, 5) is 13.2. The molecule has 3 aromatic rings. The molecule has 1 heterocycles. The highest BCUT2D eigenvalue weighted by Gasteiger charge is 2.14. The smallest absolute Gasteiger partial charge is 0.273 e. The van der Waals surface area contributed by atoms with E-state index in [2.05, 4.69) is 0 Å². The van der Waals surface area contributed by atoms with Crippen LogP contribution in [0.4, 0.5) is 0 Å². The average molecular weight is 387 g/mol. The minimum absolute atomic E-state index is 0.117. The van der Waals surface area contributed by atoms with Crippen molar-refractivity contribution in [2.24, 2.45) is 0 Å². The minimum Gasteiger partial charge on any atom is -0.495 e. The number of hydrogen-bond acceptors (Lipinski definition) is 5. The molecule has 0 spiro atoms. The predicted octanol–water partition coefficient (Wildman–Crippen LogP) is 2.55. The molecule has 0 aliphatic rings. The second-order valence-electron chi connectivity index (χ2n) is 6.19. The van der Waals surface area contributed by atoms with Crippen molar-refractivity contribution in [3.63, 3.8) is 0 Å². The first-order chi connectivity index (χ1) is 13.5. The normalized spacial score (nSPS) is 11.0. The van der Waals surface area contributed by atoms with Gasteiger partial charge in [0.25, 0.3) is 5.56 Å². The van der Waals surface area contributed by atoms with Crippen molar-refractivity contribution < 1.29 is 4.74 Å². The topological polar surface area (TPSA) is 78.8 Å². The van der Waals surface area contributed by atoms with Crippen molar-refractivity contribution in [1.82, 2.24) is 4.57 Å². The summed E-state index contributed by atoms with van der Waals surface area (Å²) in [7, 11) is 1.51. The molecule has 3 rings (SSSR count).